The Labute approximate surface area is 186 Å². The van der Waals surface area contributed by atoms with Gasteiger partial charge in [0.15, 0.2) is 11.6 Å². The van der Waals surface area contributed by atoms with Crippen molar-refractivity contribution in [3.8, 4) is 6.07 Å². The van der Waals surface area contributed by atoms with Crippen LogP contribution in [0.25, 0.3) is 0 Å². The number of nitrogens with two attached hydrogens (primary N) is 1. The molecule has 0 aliphatic heterocycles. The third-order valence-corrected chi connectivity index (χ3v) is 4.61. The van der Waals surface area contributed by atoms with E-state index in [1.165, 1.54) is 25.1 Å². The Bertz CT molecular complexity index is 1050. The first-order valence-corrected chi connectivity index (χ1v) is 9.86. The van der Waals surface area contributed by atoms with Crippen LogP contribution >= 0.6 is 0 Å². The molecule has 0 aromatic carbocycles. The smallest absolute Gasteiger partial charge is 0.255 e. The van der Waals surface area contributed by atoms with Crippen molar-refractivity contribution in [2.75, 3.05) is 29.1 Å². The molecule has 32 heavy (non-hydrogen) atoms. The minimum absolute atomic E-state index is 0.0391. The van der Waals surface area contributed by atoms with E-state index in [-0.39, 0.29) is 23.5 Å². The number of carbonyl (C=O) groups is 1. The average molecular weight is 442 g/mol. The number of anilines is 4. The van der Waals surface area contributed by atoms with E-state index in [4.69, 9.17) is 11.0 Å². The van der Waals surface area contributed by atoms with E-state index in [0.29, 0.717) is 29.4 Å². The maximum absolute atomic E-state index is 14.0. The molecule has 2 aromatic heterocycles. The summed E-state index contributed by atoms with van der Waals surface area (Å²) in [7, 11) is 0. The first kappa shape index (κ1) is 24.5. The first-order valence-electron chi connectivity index (χ1n) is 9.86. The van der Waals surface area contributed by atoms with E-state index in [2.05, 4.69) is 32.4 Å². The number of nitrogens with zero attached hydrogens (tertiary/aromatic N) is 5. The molecule has 5 N–H and O–H groups in total. The highest BCUT2D eigenvalue weighted by Crippen LogP contribution is 2.30. The second kappa shape index (κ2) is 10.0. The van der Waals surface area contributed by atoms with Gasteiger partial charge in [-0.25, -0.2) is 14.4 Å². The van der Waals surface area contributed by atoms with E-state index in [9.17, 15) is 14.3 Å². The van der Waals surface area contributed by atoms with Crippen molar-refractivity contribution in [2.45, 2.75) is 39.5 Å². The van der Waals surface area contributed by atoms with Gasteiger partial charge in [-0.2, -0.15) is 15.4 Å². The molecule has 2 rings (SSSR count). The van der Waals surface area contributed by atoms with Gasteiger partial charge in [0.2, 0.25) is 0 Å². The van der Waals surface area contributed by atoms with Crippen molar-refractivity contribution >= 4 is 35.8 Å². The molecule has 10 nitrogen and oxygen atoms in total. The van der Waals surface area contributed by atoms with Gasteiger partial charge in [0.25, 0.3) is 5.91 Å². The highest BCUT2D eigenvalue weighted by Gasteiger charge is 2.27. The van der Waals surface area contributed by atoms with Crippen molar-refractivity contribution in [3.63, 3.8) is 0 Å². The van der Waals surface area contributed by atoms with Gasteiger partial charge in [-0.1, -0.05) is 0 Å². The number of alkyl halides is 1. The molecule has 1 atom stereocenters. The molecule has 0 saturated heterocycles. The summed E-state index contributed by atoms with van der Waals surface area (Å²) >= 11 is 0. The highest BCUT2D eigenvalue weighted by atomic mass is 19.1. The molecule has 11 heteroatoms. The molecular weight excluding hydrogens is 415 g/mol. The number of rotatable bonds is 9. The van der Waals surface area contributed by atoms with Gasteiger partial charge >= 0.3 is 0 Å². The third-order valence-electron chi connectivity index (χ3n) is 4.61. The van der Waals surface area contributed by atoms with Gasteiger partial charge in [-0.05, 0) is 39.3 Å². The van der Waals surface area contributed by atoms with E-state index >= 15 is 0 Å². The molecule has 0 fully saturated rings. The number of hydrogen-bond donors (Lipinski definition) is 4. The van der Waals surface area contributed by atoms with Gasteiger partial charge in [0, 0.05) is 25.5 Å². The van der Waals surface area contributed by atoms with Crippen LogP contribution in [-0.4, -0.2) is 52.6 Å². The van der Waals surface area contributed by atoms with Gasteiger partial charge in [-0.3, -0.25) is 4.79 Å². The predicted molar refractivity (Wildman–Crippen MR) is 122 cm³/mol. The second-order valence-corrected chi connectivity index (χ2v) is 7.58. The third kappa shape index (κ3) is 5.47. The normalized spacial score (nSPS) is 11.9. The van der Waals surface area contributed by atoms with Crippen LogP contribution in [0, 0.1) is 18.3 Å². The summed E-state index contributed by atoms with van der Waals surface area (Å²) < 4.78 is 14.0. The second-order valence-electron chi connectivity index (χ2n) is 7.58. The average Bonchev–Trinajstić information content (AvgIpc) is 2.74. The quantitative estimate of drug-likeness (QED) is 0.341. The molecule has 0 unspecified atom stereocenters. The van der Waals surface area contributed by atoms with Crippen LogP contribution in [0.15, 0.2) is 23.4 Å². The Morgan fingerprint density at radius 1 is 1.50 bits per heavy atom. The highest BCUT2D eigenvalue weighted by molar-refractivity contribution is 5.99. The molecule has 170 valence electrons. The minimum atomic E-state index is -1.64. The molecule has 1 amide bonds. The lowest BCUT2D eigenvalue weighted by atomic mass is 10.0. The van der Waals surface area contributed by atoms with E-state index < -0.39 is 17.7 Å². The van der Waals surface area contributed by atoms with Gasteiger partial charge in [0.05, 0.1) is 29.0 Å². The number of nitriles is 1. The van der Waals surface area contributed by atoms with E-state index in [0.717, 1.165) is 0 Å². The van der Waals surface area contributed by atoms with Crippen molar-refractivity contribution in [2.24, 2.45) is 5.10 Å². The predicted octanol–water partition coefficient (Wildman–Crippen LogP) is 2.26. The lowest BCUT2D eigenvalue weighted by molar-refractivity contribution is -0.00177. The van der Waals surface area contributed by atoms with Gasteiger partial charge in [-0.15, -0.1) is 0 Å². The summed E-state index contributed by atoms with van der Waals surface area (Å²) in [6.45, 7) is 9.95. The Kier molecular flexibility index (Phi) is 7.67. The Balaban J connectivity index is 2.39. The minimum Gasteiger partial charge on any atom is -0.387 e. The number of carbonyl (C=O) groups excluding carboxylic acids is 1. The number of hydrazone groups is 1. The molecule has 0 saturated carbocycles. The fraction of sp³-hybridized carbons (Fsp3) is 0.381. The molecule has 0 aliphatic carbocycles. The molecule has 0 spiro atoms. The summed E-state index contributed by atoms with van der Waals surface area (Å²) in [5, 5.41) is 29.7. The van der Waals surface area contributed by atoms with Crippen molar-refractivity contribution in [1.82, 2.24) is 15.3 Å². The number of pyridine rings is 2. The maximum Gasteiger partial charge on any atom is 0.255 e. The van der Waals surface area contributed by atoms with Crippen molar-refractivity contribution in [1.29, 1.82) is 5.26 Å². The Hall–Kier alpha value is -3.78. The molecule has 0 radical (unpaired) electrons. The first-order chi connectivity index (χ1) is 15.0. The van der Waals surface area contributed by atoms with Crippen LogP contribution in [0.1, 0.15) is 42.3 Å². The zero-order valence-corrected chi connectivity index (χ0v) is 18.5. The fourth-order valence-electron chi connectivity index (χ4n) is 2.77. The van der Waals surface area contributed by atoms with Crippen LogP contribution in [-0.2, 0) is 0 Å². The number of hydrogen-bond acceptors (Lipinski definition) is 9. The lowest BCUT2D eigenvalue weighted by Crippen LogP contribution is -2.42. The lowest BCUT2D eigenvalue weighted by Gasteiger charge is -2.23. The molecule has 0 aliphatic rings. The number of amides is 1. The number of aromatic nitrogens is 2. The molecular formula is C21H27FN8O2. The van der Waals surface area contributed by atoms with Crippen LogP contribution in [0.2, 0.25) is 0 Å². The number of aryl methyl sites for hydroxylation is 1. The number of halogens is 1. The molecule has 2 heterocycles. The molecule has 0 bridgehead atoms. The monoisotopic (exact) mass is 442 g/mol. The van der Waals surface area contributed by atoms with Crippen molar-refractivity contribution < 1.29 is 14.3 Å². The van der Waals surface area contributed by atoms with Crippen LogP contribution in [0.5, 0.6) is 0 Å². The summed E-state index contributed by atoms with van der Waals surface area (Å²) in [4.78, 5) is 21.1. The van der Waals surface area contributed by atoms with Crippen molar-refractivity contribution in [3.05, 3.63) is 35.0 Å². The van der Waals surface area contributed by atoms with E-state index in [1.54, 1.807) is 19.1 Å². The van der Waals surface area contributed by atoms with E-state index in [1.807, 2.05) is 13.0 Å². The van der Waals surface area contributed by atoms with Gasteiger partial charge < -0.3 is 21.5 Å². The zero-order chi connectivity index (χ0) is 24.1. The standard InChI is InChI=1S/C21H27FN8O2/c1-6-26-15-8-17(27-10-14(15)20(31)28-11-16(22)21(3,4)32)30(25-5)19-12(2)7-13(9-23)18(24)29-19/h7-8,10,16,32H,5-6,11H2,1-4H3,(H2,24,29)(H,26,27)(H,28,31)/t16-/m1/s1. The molecule has 2 aromatic rings. The van der Waals surface area contributed by atoms with Crippen LogP contribution in [0.3, 0.4) is 0 Å². The van der Waals surface area contributed by atoms with Crippen LogP contribution < -0.4 is 21.4 Å². The Morgan fingerprint density at radius 2 is 2.19 bits per heavy atom. The largest absolute Gasteiger partial charge is 0.387 e. The summed E-state index contributed by atoms with van der Waals surface area (Å²) in [5.74, 6) is 0.111. The number of nitrogens with one attached hydrogen (secondary N) is 2. The fourth-order valence-corrected chi connectivity index (χ4v) is 2.77. The summed E-state index contributed by atoms with van der Waals surface area (Å²) in [6, 6.07) is 5.13. The number of nitrogen functional groups attached to an aromatic ring is 1. The Morgan fingerprint density at radius 3 is 2.75 bits per heavy atom. The van der Waals surface area contributed by atoms with Gasteiger partial charge in [0.1, 0.15) is 18.1 Å². The maximum atomic E-state index is 14.0. The topological polar surface area (TPSA) is 153 Å². The van der Waals surface area contributed by atoms with Crippen LogP contribution in [0.4, 0.5) is 27.5 Å². The number of aliphatic hydroxyl groups is 1. The zero-order valence-electron chi connectivity index (χ0n) is 18.5. The SMILES string of the molecule is C=NN(c1cc(NCC)c(C(=O)NC[C@@H](F)C(C)(C)O)cn1)c1nc(N)c(C#N)cc1C. The summed E-state index contributed by atoms with van der Waals surface area (Å²) in [5.41, 5.74) is 5.74. The summed E-state index contributed by atoms with van der Waals surface area (Å²) in [6.07, 6.45) is -0.321.